The van der Waals surface area contributed by atoms with Crippen LogP contribution in [0, 0.1) is 0 Å². The maximum Gasteiger partial charge on any atom is 0.243 e. The quantitative estimate of drug-likeness (QED) is 0.510. The number of quaternary nitrogens is 2. The molecule has 0 saturated carbocycles. The van der Waals surface area contributed by atoms with Gasteiger partial charge in [0, 0.05) is 12.0 Å². The Balaban J connectivity index is 0.00000261. The number of nitrogens with zero attached hydrogens (tertiary/aromatic N) is 2. The molecule has 6 nitrogen and oxygen atoms in total. The van der Waals surface area contributed by atoms with Gasteiger partial charge in [-0.1, -0.05) is 24.3 Å². The number of hydrogen-bond donors (Lipinski definition) is 2. The first-order valence-corrected chi connectivity index (χ1v) is 9.47. The largest absolute Gasteiger partial charge is 1.00 e. The maximum atomic E-state index is 10.9. The molecule has 2 aliphatic heterocycles. The Hall–Kier alpha value is -0.540. The van der Waals surface area contributed by atoms with Gasteiger partial charge in [0.25, 0.3) is 0 Å². The molecule has 1 aromatic carbocycles. The zero-order chi connectivity index (χ0) is 19.1. The van der Waals surface area contributed by atoms with Crippen molar-refractivity contribution < 1.29 is 45.6 Å². The van der Waals surface area contributed by atoms with E-state index >= 15 is 0 Å². The van der Waals surface area contributed by atoms with Gasteiger partial charge in [-0.2, -0.15) is 0 Å². The second-order valence-corrected chi connectivity index (χ2v) is 9.26. The Bertz CT molecular complexity index is 637. The third-order valence-corrected chi connectivity index (χ3v) is 5.63. The summed E-state index contributed by atoms with van der Waals surface area (Å²) in [6.07, 6.45) is 1.30. The zero-order valence-electron chi connectivity index (χ0n) is 16.9. The van der Waals surface area contributed by atoms with Gasteiger partial charge in [0.05, 0.1) is 41.4 Å². The van der Waals surface area contributed by atoms with Crippen LogP contribution < -0.4 is 17.0 Å². The average molecular weight is 446 g/mol. The van der Waals surface area contributed by atoms with Crippen LogP contribution in [0.3, 0.4) is 0 Å². The van der Waals surface area contributed by atoms with Crippen LogP contribution in [0.15, 0.2) is 24.3 Å². The summed E-state index contributed by atoms with van der Waals surface area (Å²) in [6.45, 7) is 4.08. The number of hydrogen-bond acceptors (Lipinski definition) is 4. The number of ether oxygens (including phenoxy) is 2. The Labute approximate surface area is 173 Å². The van der Waals surface area contributed by atoms with E-state index in [1.165, 1.54) is 0 Å². The minimum Gasteiger partial charge on any atom is -1.00 e. The lowest BCUT2D eigenvalue weighted by atomic mass is 9.98. The Morgan fingerprint density at radius 3 is 2.00 bits per heavy atom. The van der Waals surface area contributed by atoms with Crippen molar-refractivity contribution in [1.82, 2.24) is 0 Å². The average Bonchev–Trinajstić information content (AvgIpc) is 2.51. The number of halogens is 1. The molecule has 0 aliphatic carbocycles. The molecule has 0 aromatic heterocycles. The van der Waals surface area contributed by atoms with Gasteiger partial charge in [-0.05, 0) is 12.0 Å². The van der Waals surface area contributed by atoms with E-state index in [0.717, 1.165) is 39.6 Å². The van der Waals surface area contributed by atoms with E-state index in [2.05, 4.69) is 28.2 Å². The van der Waals surface area contributed by atoms with Crippen molar-refractivity contribution in [3.63, 3.8) is 0 Å². The topological polar surface area (TPSA) is 58.9 Å². The van der Waals surface area contributed by atoms with Crippen LogP contribution >= 0.6 is 0 Å². The highest BCUT2D eigenvalue weighted by Crippen LogP contribution is 2.30. The van der Waals surface area contributed by atoms with Crippen molar-refractivity contribution in [2.75, 3.05) is 67.6 Å². The lowest BCUT2D eigenvalue weighted by molar-refractivity contribution is -0.912. The predicted octanol–water partition coefficient (Wildman–Crippen LogP) is -2.33. The first-order valence-electron chi connectivity index (χ1n) is 9.47. The molecule has 0 bridgehead atoms. The predicted molar refractivity (Wildman–Crippen MR) is 99.2 cm³/mol. The monoisotopic (exact) mass is 445 g/mol. The summed E-state index contributed by atoms with van der Waals surface area (Å²) in [5, 5.41) is 21.6. The number of rotatable bonds is 4. The Morgan fingerprint density at radius 2 is 1.44 bits per heavy atom. The van der Waals surface area contributed by atoms with Crippen molar-refractivity contribution in [3.05, 3.63) is 35.4 Å². The number of benzene rings is 1. The zero-order valence-corrected chi connectivity index (χ0v) is 18.5. The van der Waals surface area contributed by atoms with Crippen LogP contribution in [-0.4, -0.2) is 92.5 Å². The van der Waals surface area contributed by atoms with E-state index in [0.29, 0.717) is 32.7 Å². The van der Waals surface area contributed by atoms with Crippen LogP contribution in [0.4, 0.5) is 0 Å². The molecule has 2 fully saturated rings. The third kappa shape index (κ3) is 5.73. The molecule has 7 heteroatoms. The molecule has 0 spiro atoms. The number of aliphatic hydroxyl groups is 2. The summed E-state index contributed by atoms with van der Waals surface area (Å²) >= 11 is 0. The van der Waals surface area contributed by atoms with Crippen LogP contribution in [0.5, 0.6) is 0 Å². The van der Waals surface area contributed by atoms with Gasteiger partial charge in [0.15, 0.2) is 0 Å². The maximum absolute atomic E-state index is 10.9. The lowest BCUT2D eigenvalue weighted by Crippen LogP contribution is -3.00. The highest BCUT2D eigenvalue weighted by atomic mass is 79.9. The van der Waals surface area contributed by atoms with Gasteiger partial charge in [0.2, 0.25) is 11.6 Å². The molecule has 2 unspecified atom stereocenters. The SMILES string of the molecule is C[N+]1(C)CCOC(O)(CCc2ccc(C3(O)C[N+](C)(C)CCO3)cc2)C1.[Br-]. The van der Waals surface area contributed by atoms with Gasteiger partial charge >= 0.3 is 0 Å². The molecule has 2 atom stereocenters. The smallest absolute Gasteiger partial charge is 0.243 e. The first kappa shape index (κ1) is 22.7. The summed E-state index contributed by atoms with van der Waals surface area (Å²) < 4.78 is 12.9. The molecule has 2 aliphatic rings. The molecule has 2 heterocycles. The van der Waals surface area contributed by atoms with E-state index < -0.39 is 11.6 Å². The molecule has 27 heavy (non-hydrogen) atoms. The van der Waals surface area contributed by atoms with Crippen molar-refractivity contribution in [3.8, 4) is 0 Å². The molecular weight excluding hydrogens is 412 g/mol. The van der Waals surface area contributed by atoms with E-state index in [-0.39, 0.29) is 17.0 Å². The molecule has 3 rings (SSSR count). The van der Waals surface area contributed by atoms with Gasteiger partial charge < -0.3 is 45.6 Å². The molecule has 0 amide bonds. The summed E-state index contributed by atoms with van der Waals surface area (Å²) in [4.78, 5) is 0. The second-order valence-electron chi connectivity index (χ2n) is 9.26. The molecule has 0 radical (unpaired) electrons. The van der Waals surface area contributed by atoms with Crippen LogP contribution in [0.25, 0.3) is 0 Å². The number of likely N-dealkylation sites (N-methyl/N-ethyl adjacent to an activating group) is 2. The molecule has 154 valence electrons. The fourth-order valence-electron chi connectivity index (χ4n) is 4.04. The van der Waals surface area contributed by atoms with Crippen LogP contribution in [0.1, 0.15) is 17.5 Å². The highest BCUT2D eigenvalue weighted by molar-refractivity contribution is 5.26. The van der Waals surface area contributed by atoms with Crippen molar-refractivity contribution in [1.29, 1.82) is 0 Å². The lowest BCUT2D eigenvalue weighted by Gasteiger charge is -2.43. The Morgan fingerprint density at radius 1 is 0.889 bits per heavy atom. The molecule has 2 N–H and O–H groups in total. The second kappa shape index (κ2) is 8.06. The van der Waals surface area contributed by atoms with Crippen molar-refractivity contribution in [2.24, 2.45) is 0 Å². The van der Waals surface area contributed by atoms with E-state index in [1.807, 2.05) is 24.3 Å². The molecular formula is C20H34BrN2O4+. The highest BCUT2D eigenvalue weighted by Gasteiger charge is 2.42. The summed E-state index contributed by atoms with van der Waals surface area (Å²) in [7, 11) is 8.44. The minimum absolute atomic E-state index is 0. The fraction of sp³-hybridized carbons (Fsp3) is 0.700. The van der Waals surface area contributed by atoms with Crippen LogP contribution in [-0.2, 0) is 21.7 Å². The summed E-state index contributed by atoms with van der Waals surface area (Å²) in [5.41, 5.74) is 1.91. The fourth-order valence-corrected chi connectivity index (χ4v) is 4.04. The van der Waals surface area contributed by atoms with Crippen LogP contribution in [0.2, 0.25) is 0 Å². The van der Waals surface area contributed by atoms with E-state index in [9.17, 15) is 10.2 Å². The number of aryl methyl sites for hydroxylation is 1. The van der Waals surface area contributed by atoms with Gasteiger partial charge in [-0.25, -0.2) is 0 Å². The van der Waals surface area contributed by atoms with Crippen molar-refractivity contribution in [2.45, 2.75) is 24.4 Å². The Kier molecular flexibility index (Phi) is 6.79. The standard InChI is InChI=1S/C20H34N2O4.BrH/c1-21(2)11-13-25-19(23,15-21)10-9-17-5-7-18(8-6-17)20(24)16-22(3,4)12-14-26-20;/h5-8,23-24H,9-16H2,1-4H3;1H/q+2;/p-1. The van der Waals surface area contributed by atoms with Gasteiger partial charge in [0.1, 0.15) is 26.2 Å². The van der Waals surface area contributed by atoms with E-state index in [1.54, 1.807) is 0 Å². The van der Waals surface area contributed by atoms with E-state index in [4.69, 9.17) is 9.47 Å². The first-order chi connectivity index (χ1) is 12.0. The number of morpholine rings is 2. The minimum atomic E-state index is -1.23. The molecule has 2 saturated heterocycles. The van der Waals surface area contributed by atoms with Crippen molar-refractivity contribution >= 4 is 0 Å². The molecule has 1 aromatic rings. The normalized spacial score (nSPS) is 32.5. The van der Waals surface area contributed by atoms with Gasteiger partial charge in [-0.3, -0.25) is 0 Å². The summed E-state index contributed by atoms with van der Waals surface area (Å²) in [5.74, 6) is -2.29. The summed E-state index contributed by atoms with van der Waals surface area (Å²) in [6, 6.07) is 7.90. The third-order valence-electron chi connectivity index (χ3n) is 5.63. The van der Waals surface area contributed by atoms with Gasteiger partial charge in [-0.15, -0.1) is 0 Å².